The van der Waals surface area contributed by atoms with E-state index in [2.05, 4.69) is 6.58 Å². The van der Waals surface area contributed by atoms with E-state index in [9.17, 15) is 9.59 Å². The van der Waals surface area contributed by atoms with Gasteiger partial charge in [0.05, 0.1) is 6.42 Å². The van der Waals surface area contributed by atoms with Gasteiger partial charge in [-0.15, -0.1) is 0 Å². The highest BCUT2D eigenvalue weighted by Crippen LogP contribution is 2.13. The summed E-state index contributed by atoms with van der Waals surface area (Å²) in [5.41, 5.74) is 1.61. The SMILES string of the molecule is C=C(C)CN(CC)C(=O)COc1ccc(CC(=O)O)cc1. The van der Waals surface area contributed by atoms with Crippen LogP contribution in [0.15, 0.2) is 36.4 Å². The van der Waals surface area contributed by atoms with Gasteiger partial charge >= 0.3 is 5.97 Å². The average Bonchev–Trinajstić information content (AvgIpc) is 2.42. The molecule has 114 valence electrons. The fraction of sp³-hybridized carbons (Fsp3) is 0.375. The summed E-state index contributed by atoms with van der Waals surface area (Å²) < 4.78 is 5.42. The number of amides is 1. The number of rotatable bonds is 8. The van der Waals surface area contributed by atoms with Gasteiger partial charge in [-0.05, 0) is 31.5 Å². The number of carboxylic acid groups (broad SMARTS) is 1. The third-order valence-electron chi connectivity index (χ3n) is 2.84. The second-order valence-corrected chi connectivity index (χ2v) is 4.87. The lowest BCUT2D eigenvalue weighted by Crippen LogP contribution is -2.35. The maximum atomic E-state index is 12.0. The lowest BCUT2D eigenvalue weighted by atomic mass is 10.1. The minimum atomic E-state index is -0.878. The molecular weight excluding hydrogens is 270 g/mol. The number of likely N-dealkylation sites (N-methyl/N-ethyl adjacent to an activating group) is 1. The number of hydrogen-bond donors (Lipinski definition) is 1. The maximum absolute atomic E-state index is 12.0. The van der Waals surface area contributed by atoms with Gasteiger partial charge in [0.1, 0.15) is 5.75 Å². The minimum Gasteiger partial charge on any atom is -0.484 e. The van der Waals surface area contributed by atoms with Crippen LogP contribution in [0.3, 0.4) is 0 Å². The normalized spacial score (nSPS) is 10.0. The number of hydrogen-bond acceptors (Lipinski definition) is 3. The molecule has 0 unspecified atom stereocenters. The van der Waals surface area contributed by atoms with Gasteiger partial charge in [-0.25, -0.2) is 0 Å². The van der Waals surface area contributed by atoms with E-state index in [0.29, 0.717) is 24.4 Å². The molecule has 0 aliphatic carbocycles. The van der Waals surface area contributed by atoms with E-state index < -0.39 is 5.97 Å². The van der Waals surface area contributed by atoms with Crippen molar-refractivity contribution in [3.63, 3.8) is 0 Å². The molecule has 1 rings (SSSR count). The van der Waals surface area contributed by atoms with E-state index in [1.807, 2.05) is 13.8 Å². The van der Waals surface area contributed by atoms with Crippen LogP contribution in [-0.4, -0.2) is 41.6 Å². The number of nitrogens with zero attached hydrogens (tertiary/aromatic N) is 1. The molecule has 1 N–H and O–H groups in total. The second-order valence-electron chi connectivity index (χ2n) is 4.87. The predicted octanol–water partition coefficient (Wildman–Crippen LogP) is 2.12. The van der Waals surface area contributed by atoms with Gasteiger partial charge in [-0.3, -0.25) is 9.59 Å². The quantitative estimate of drug-likeness (QED) is 0.745. The minimum absolute atomic E-state index is 0.0264. The van der Waals surface area contributed by atoms with Crippen molar-refractivity contribution < 1.29 is 19.4 Å². The molecule has 0 heterocycles. The third-order valence-corrected chi connectivity index (χ3v) is 2.84. The first-order chi connectivity index (χ1) is 9.92. The lowest BCUT2D eigenvalue weighted by molar-refractivity contribution is -0.136. The molecule has 0 spiro atoms. The molecule has 0 aliphatic rings. The van der Waals surface area contributed by atoms with Gasteiger partial charge in [0.15, 0.2) is 6.61 Å². The number of carboxylic acids is 1. The van der Waals surface area contributed by atoms with Crippen LogP contribution in [0.5, 0.6) is 5.75 Å². The predicted molar refractivity (Wildman–Crippen MR) is 80.3 cm³/mol. The van der Waals surface area contributed by atoms with E-state index in [-0.39, 0.29) is 18.9 Å². The molecule has 0 radical (unpaired) electrons. The van der Waals surface area contributed by atoms with Crippen LogP contribution in [0.4, 0.5) is 0 Å². The van der Waals surface area contributed by atoms with Crippen LogP contribution in [-0.2, 0) is 16.0 Å². The molecule has 0 saturated carbocycles. The van der Waals surface area contributed by atoms with Crippen molar-refractivity contribution in [2.45, 2.75) is 20.3 Å². The van der Waals surface area contributed by atoms with Gasteiger partial charge in [0.25, 0.3) is 5.91 Å². The van der Waals surface area contributed by atoms with Gasteiger partial charge < -0.3 is 14.7 Å². The molecule has 0 aromatic heterocycles. The molecule has 0 atom stereocenters. The van der Waals surface area contributed by atoms with Crippen molar-refractivity contribution >= 4 is 11.9 Å². The smallest absolute Gasteiger partial charge is 0.307 e. The summed E-state index contributed by atoms with van der Waals surface area (Å²) in [5.74, 6) is -0.434. The monoisotopic (exact) mass is 291 g/mol. The fourth-order valence-corrected chi connectivity index (χ4v) is 1.82. The van der Waals surface area contributed by atoms with Gasteiger partial charge in [-0.1, -0.05) is 24.3 Å². The van der Waals surface area contributed by atoms with Crippen LogP contribution in [0.25, 0.3) is 0 Å². The zero-order chi connectivity index (χ0) is 15.8. The molecule has 0 aliphatic heterocycles. The zero-order valence-corrected chi connectivity index (χ0v) is 12.5. The molecular formula is C16H21NO4. The molecule has 0 bridgehead atoms. The molecule has 21 heavy (non-hydrogen) atoms. The molecule has 5 nitrogen and oxygen atoms in total. The lowest BCUT2D eigenvalue weighted by Gasteiger charge is -2.21. The number of carbonyl (C=O) groups is 2. The second kappa shape index (κ2) is 8.09. The summed E-state index contributed by atoms with van der Waals surface area (Å²) in [6.07, 6.45) is -0.0264. The molecule has 1 aromatic rings. The Labute approximate surface area is 124 Å². The fourth-order valence-electron chi connectivity index (χ4n) is 1.82. The molecule has 1 aromatic carbocycles. The van der Waals surface area contributed by atoms with E-state index in [0.717, 1.165) is 5.57 Å². The third kappa shape index (κ3) is 6.12. The van der Waals surface area contributed by atoms with Crippen molar-refractivity contribution in [3.8, 4) is 5.75 Å². The first-order valence-electron chi connectivity index (χ1n) is 6.78. The first kappa shape index (κ1) is 16.8. The Morgan fingerprint density at radius 2 is 1.90 bits per heavy atom. The Balaban J connectivity index is 2.52. The largest absolute Gasteiger partial charge is 0.484 e. The standard InChI is InChI=1S/C16H21NO4/c1-4-17(10-12(2)3)15(18)11-21-14-7-5-13(6-8-14)9-16(19)20/h5-8H,2,4,9-11H2,1,3H3,(H,19,20). The van der Waals surface area contributed by atoms with Gasteiger partial charge in [-0.2, -0.15) is 0 Å². The van der Waals surface area contributed by atoms with Crippen LogP contribution in [0.2, 0.25) is 0 Å². The van der Waals surface area contributed by atoms with Crippen LogP contribution < -0.4 is 4.74 Å². The Bertz CT molecular complexity index is 508. The van der Waals surface area contributed by atoms with Gasteiger partial charge in [0, 0.05) is 13.1 Å². The topological polar surface area (TPSA) is 66.8 Å². The summed E-state index contributed by atoms with van der Waals surface area (Å²) in [4.78, 5) is 24.2. The summed E-state index contributed by atoms with van der Waals surface area (Å²) in [6.45, 7) is 8.66. The van der Waals surface area contributed by atoms with E-state index in [1.165, 1.54) is 0 Å². The highest BCUT2D eigenvalue weighted by atomic mass is 16.5. The number of aliphatic carboxylic acids is 1. The summed E-state index contributed by atoms with van der Waals surface area (Å²) in [7, 11) is 0. The Morgan fingerprint density at radius 3 is 2.38 bits per heavy atom. The van der Waals surface area contributed by atoms with E-state index in [4.69, 9.17) is 9.84 Å². The number of carbonyl (C=O) groups excluding carboxylic acids is 1. The van der Waals surface area contributed by atoms with Crippen LogP contribution >= 0.6 is 0 Å². The zero-order valence-electron chi connectivity index (χ0n) is 12.5. The summed E-state index contributed by atoms with van der Waals surface area (Å²) in [5, 5.41) is 8.68. The van der Waals surface area contributed by atoms with Crippen molar-refractivity contribution in [2.75, 3.05) is 19.7 Å². The molecule has 1 amide bonds. The summed E-state index contributed by atoms with van der Waals surface area (Å²) in [6, 6.07) is 6.69. The molecule has 0 fully saturated rings. The highest BCUT2D eigenvalue weighted by Gasteiger charge is 2.12. The van der Waals surface area contributed by atoms with Crippen LogP contribution in [0.1, 0.15) is 19.4 Å². The van der Waals surface area contributed by atoms with Crippen LogP contribution in [0, 0.1) is 0 Å². The average molecular weight is 291 g/mol. The molecule has 5 heteroatoms. The Kier molecular flexibility index (Phi) is 6.46. The summed E-state index contributed by atoms with van der Waals surface area (Å²) >= 11 is 0. The highest BCUT2D eigenvalue weighted by molar-refractivity contribution is 5.78. The number of ether oxygens (including phenoxy) is 1. The first-order valence-corrected chi connectivity index (χ1v) is 6.78. The van der Waals surface area contributed by atoms with E-state index in [1.54, 1.807) is 29.2 Å². The van der Waals surface area contributed by atoms with Crippen molar-refractivity contribution in [1.82, 2.24) is 4.90 Å². The van der Waals surface area contributed by atoms with Gasteiger partial charge in [0.2, 0.25) is 0 Å². The Morgan fingerprint density at radius 1 is 1.29 bits per heavy atom. The number of benzene rings is 1. The van der Waals surface area contributed by atoms with E-state index >= 15 is 0 Å². The Hall–Kier alpha value is -2.30. The molecule has 0 saturated heterocycles. The van der Waals surface area contributed by atoms with Crippen molar-refractivity contribution in [1.29, 1.82) is 0 Å². The van der Waals surface area contributed by atoms with Crippen molar-refractivity contribution in [2.24, 2.45) is 0 Å². The maximum Gasteiger partial charge on any atom is 0.307 e. The van der Waals surface area contributed by atoms with Crippen molar-refractivity contribution in [3.05, 3.63) is 42.0 Å².